The Morgan fingerprint density at radius 2 is 0.740 bits per heavy atom. The third kappa shape index (κ3) is 5.57. The number of nitrogens with zero attached hydrogens (tertiary/aromatic N) is 5. The third-order valence-corrected chi connectivity index (χ3v) is 9.01. The van der Waals surface area contributed by atoms with Gasteiger partial charge in [-0.3, -0.25) is 4.98 Å². The van der Waals surface area contributed by atoms with Crippen LogP contribution in [-0.4, -0.2) is 24.9 Å². The molecule has 0 radical (unpaired) electrons. The summed E-state index contributed by atoms with van der Waals surface area (Å²) >= 11 is 0. The first-order chi connectivity index (χ1) is 24.8. The average molecular weight is 640 g/mol. The molecule has 50 heavy (non-hydrogen) atoms. The Balaban J connectivity index is 1.08. The second kappa shape index (κ2) is 12.6. The van der Waals surface area contributed by atoms with E-state index in [1.807, 2.05) is 54.7 Å². The number of rotatable bonds is 6. The first-order valence-corrected chi connectivity index (χ1v) is 16.6. The van der Waals surface area contributed by atoms with Gasteiger partial charge in [-0.2, -0.15) is 0 Å². The van der Waals surface area contributed by atoms with Crippen molar-refractivity contribution in [3.05, 3.63) is 176 Å². The molecule has 0 aliphatic rings. The maximum absolute atomic E-state index is 5.06. The molecule has 9 rings (SSSR count). The van der Waals surface area contributed by atoms with Gasteiger partial charge in [0, 0.05) is 33.7 Å². The predicted octanol–water partition coefficient (Wildman–Crippen LogP) is 11.0. The van der Waals surface area contributed by atoms with Crippen molar-refractivity contribution in [2.75, 3.05) is 0 Å². The molecular weight excluding hydrogens is 611 g/mol. The molecule has 0 aliphatic carbocycles. The van der Waals surface area contributed by atoms with E-state index in [2.05, 4.69) is 121 Å². The van der Waals surface area contributed by atoms with Crippen LogP contribution in [0.4, 0.5) is 0 Å². The second-order valence-corrected chi connectivity index (χ2v) is 12.1. The first-order valence-electron chi connectivity index (χ1n) is 16.6. The monoisotopic (exact) mass is 639 g/mol. The fourth-order valence-corrected chi connectivity index (χ4v) is 6.44. The highest BCUT2D eigenvalue weighted by Crippen LogP contribution is 2.34. The molecule has 9 aromatic rings. The number of hydrogen-bond acceptors (Lipinski definition) is 5. The van der Waals surface area contributed by atoms with Crippen molar-refractivity contribution < 1.29 is 0 Å². The minimum Gasteiger partial charge on any atom is -0.255 e. The molecule has 234 valence electrons. The van der Waals surface area contributed by atoms with Crippen LogP contribution in [0.25, 0.3) is 89.5 Å². The van der Waals surface area contributed by atoms with Gasteiger partial charge in [0.25, 0.3) is 0 Å². The Kier molecular flexibility index (Phi) is 7.41. The van der Waals surface area contributed by atoms with Crippen molar-refractivity contribution in [2.45, 2.75) is 0 Å². The molecule has 5 heteroatoms. The van der Waals surface area contributed by atoms with Crippen molar-refractivity contribution >= 4 is 21.7 Å². The maximum atomic E-state index is 5.06. The van der Waals surface area contributed by atoms with Crippen LogP contribution in [0.2, 0.25) is 0 Å². The van der Waals surface area contributed by atoms with Crippen LogP contribution in [0.1, 0.15) is 0 Å². The van der Waals surface area contributed by atoms with Gasteiger partial charge in [-0.05, 0) is 45.8 Å². The number of hydrogen-bond donors (Lipinski definition) is 0. The van der Waals surface area contributed by atoms with Crippen molar-refractivity contribution in [2.24, 2.45) is 0 Å². The maximum Gasteiger partial charge on any atom is 0.164 e. The highest BCUT2D eigenvalue weighted by molar-refractivity contribution is 6.10. The van der Waals surface area contributed by atoms with Crippen LogP contribution in [0, 0.1) is 0 Å². The normalized spacial score (nSPS) is 11.2. The molecule has 5 nitrogen and oxygen atoms in total. The molecule has 6 aromatic carbocycles. The Morgan fingerprint density at radius 3 is 1.36 bits per heavy atom. The average Bonchev–Trinajstić information content (AvgIpc) is 3.21. The summed E-state index contributed by atoms with van der Waals surface area (Å²) in [6.07, 6.45) is 1.86. The van der Waals surface area contributed by atoms with Crippen molar-refractivity contribution in [1.29, 1.82) is 0 Å². The molecule has 0 atom stereocenters. The largest absolute Gasteiger partial charge is 0.255 e. The molecule has 0 saturated carbocycles. The van der Waals surface area contributed by atoms with Gasteiger partial charge < -0.3 is 0 Å². The van der Waals surface area contributed by atoms with Gasteiger partial charge in [-0.1, -0.05) is 152 Å². The quantitative estimate of drug-likeness (QED) is 0.169. The predicted molar refractivity (Wildman–Crippen MR) is 203 cm³/mol. The smallest absolute Gasteiger partial charge is 0.164 e. The van der Waals surface area contributed by atoms with E-state index in [4.69, 9.17) is 24.9 Å². The molecule has 0 aliphatic heterocycles. The lowest BCUT2D eigenvalue weighted by Crippen LogP contribution is -2.00. The lowest BCUT2D eigenvalue weighted by molar-refractivity contribution is 1.07. The van der Waals surface area contributed by atoms with Gasteiger partial charge in [0.2, 0.25) is 0 Å². The standard InChI is InChI=1S/C45H29N5/c1-3-11-30(12-4-1)31-19-23-34(24-20-31)44-48-43(33-13-5-2-6-14-33)49-45(50-44)35-25-21-32(22-26-35)36-27-28-46-41(29-36)42-39-17-8-7-15-37(39)38-16-9-10-18-40(38)47-42/h1-29H. The Labute approximate surface area is 289 Å². The SMILES string of the molecule is c1ccc(-c2ccc(-c3nc(-c4ccccc4)nc(-c4ccc(-c5ccnc(-c6nc7ccccc7c7ccccc67)c5)cc4)n3)cc2)cc1. The van der Waals surface area contributed by atoms with E-state index >= 15 is 0 Å². The Morgan fingerprint density at radius 1 is 0.300 bits per heavy atom. The Hall–Kier alpha value is -6.85. The van der Waals surface area contributed by atoms with Crippen molar-refractivity contribution in [3.63, 3.8) is 0 Å². The highest BCUT2D eigenvalue weighted by Gasteiger charge is 2.15. The minimum atomic E-state index is 0.620. The molecule has 0 unspecified atom stereocenters. The van der Waals surface area contributed by atoms with Gasteiger partial charge in [0.05, 0.1) is 16.9 Å². The summed E-state index contributed by atoms with van der Waals surface area (Å²) in [5, 5.41) is 3.39. The third-order valence-electron chi connectivity index (χ3n) is 9.01. The van der Waals surface area contributed by atoms with Gasteiger partial charge in [-0.25, -0.2) is 19.9 Å². The number of benzene rings is 6. The molecular formula is C45H29N5. The summed E-state index contributed by atoms with van der Waals surface area (Å²) in [7, 11) is 0. The van der Waals surface area contributed by atoms with Crippen molar-refractivity contribution in [1.82, 2.24) is 24.9 Å². The number of fused-ring (bicyclic) bond motifs is 3. The number of pyridine rings is 2. The zero-order chi connectivity index (χ0) is 33.3. The fourth-order valence-electron chi connectivity index (χ4n) is 6.44. The molecule has 0 saturated heterocycles. The van der Waals surface area contributed by atoms with Crippen LogP contribution >= 0.6 is 0 Å². The Bertz CT molecular complexity index is 2620. The summed E-state index contributed by atoms with van der Waals surface area (Å²) in [6, 6.07) is 58.0. The van der Waals surface area contributed by atoms with Crippen LogP contribution in [0.15, 0.2) is 176 Å². The molecule has 0 bridgehead atoms. The summed E-state index contributed by atoms with van der Waals surface area (Å²) in [5.41, 5.74) is 9.88. The van der Waals surface area contributed by atoms with E-state index in [9.17, 15) is 0 Å². The van der Waals surface area contributed by atoms with Crippen LogP contribution in [0.5, 0.6) is 0 Å². The van der Waals surface area contributed by atoms with E-state index in [1.54, 1.807) is 0 Å². The topological polar surface area (TPSA) is 64.5 Å². The molecule has 3 heterocycles. The lowest BCUT2D eigenvalue weighted by Gasteiger charge is -2.11. The lowest BCUT2D eigenvalue weighted by atomic mass is 10.00. The van der Waals surface area contributed by atoms with Crippen LogP contribution in [-0.2, 0) is 0 Å². The van der Waals surface area contributed by atoms with E-state index in [0.29, 0.717) is 17.5 Å². The zero-order valence-corrected chi connectivity index (χ0v) is 27.0. The minimum absolute atomic E-state index is 0.620. The fraction of sp³-hybridized carbons (Fsp3) is 0. The molecule has 0 amide bonds. The highest BCUT2D eigenvalue weighted by atomic mass is 15.0. The molecule has 3 aromatic heterocycles. The van der Waals surface area contributed by atoms with Gasteiger partial charge >= 0.3 is 0 Å². The van der Waals surface area contributed by atoms with Gasteiger partial charge in [0.1, 0.15) is 0 Å². The zero-order valence-electron chi connectivity index (χ0n) is 27.0. The van der Waals surface area contributed by atoms with Crippen LogP contribution < -0.4 is 0 Å². The van der Waals surface area contributed by atoms with E-state index in [-0.39, 0.29) is 0 Å². The molecule has 0 spiro atoms. The summed E-state index contributed by atoms with van der Waals surface area (Å²) in [4.78, 5) is 24.6. The first kappa shape index (κ1) is 29.3. The van der Waals surface area contributed by atoms with Crippen molar-refractivity contribution in [3.8, 4) is 67.8 Å². The van der Waals surface area contributed by atoms with Crippen LogP contribution in [0.3, 0.4) is 0 Å². The summed E-state index contributed by atoms with van der Waals surface area (Å²) in [5.74, 6) is 1.89. The number of para-hydroxylation sites is 1. The second-order valence-electron chi connectivity index (χ2n) is 12.1. The van der Waals surface area contributed by atoms with E-state index < -0.39 is 0 Å². The molecule has 0 N–H and O–H groups in total. The van der Waals surface area contributed by atoms with E-state index in [1.165, 1.54) is 10.9 Å². The summed E-state index contributed by atoms with van der Waals surface area (Å²) < 4.78 is 0. The number of aromatic nitrogens is 5. The molecule has 0 fully saturated rings. The van der Waals surface area contributed by atoms with E-state index in [0.717, 1.165) is 61.1 Å². The summed E-state index contributed by atoms with van der Waals surface area (Å²) in [6.45, 7) is 0. The van der Waals surface area contributed by atoms with Gasteiger partial charge in [-0.15, -0.1) is 0 Å². The van der Waals surface area contributed by atoms with Gasteiger partial charge in [0.15, 0.2) is 17.5 Å².